The Morgan fingerprint density at radius 3 is 2.70 bits per heavy atom. The van der Waals surface area contributed by atoms with E-state index < -0.39 is 5.82 Å². The molecule has 0 fully saturated rings. The van der Waals surface area contributed by atoms with Gasteiger partial charge in [0.05, 0.1) is 11.1 Å². The van der Waals surface area contributed by atoms with E-state index in [0.717, 1.165) is 6.07 Å². The van der Waals surface area contributed by atoms with Crippen LogP contribution in [-0.2, 0) is 0 Å². The van der Waals surface area contributed by atoms with Crippen molar-refractivity contribution in [2.75, 3.05) is 5.73 Å². The number of hydrogen-bond donors (Lipinski definition) is 1. The highest BCUT2D eigenvalue weighted by atomic mass is 19.1. The third-order valence-corrected chi connectivity index (χ3v) is 2.73. The molecule has 0 aliphatic rings. The number of halogens is 1. The van der Waals surface area contributed by atoms with E-state index in [1.807, 2.05) is 13.8 Å². The van der Waals surface area contributed by atoms with Crippen LogP contribution in [0.2, 0.25) is 0 Å². The molecular weight excluding hydrogens is 259 g/mol. The Hall–Kier alpha value is -2.68. The van der Waals surface area contributed by atoms with Crippen LogP contribution in [0.15, 0.2) is 24.5 Å². The number of nitriles is 1. The zero-order valence-corrected chi connectivity index (χ0v) is 11.1. The molecule has 2 aromatic rings. The van der Waals surface area contributed by atoms with Crippen LogP contribution in [0.4, 0.5) is 10.2 Å². The molecule has 0 aliphatic heterocycles. The van der Waals surface area contributed by atoms with Gasteiger partial charge in [-0.15, -0.1) is 0 Å². The summed E-state index contributed by atoms with van der Waals surface area (Å²) in [5.74, 6) is 0.296. The number of hydrogen-bond acceptors (Lipinski definition) is 5. The first-order chi connectivity index (χ1) is 9.52. The van der Waals surface area contributed by atoms with E-state index >= 15 is 0 Å². The van der Waals surface area contributed by atoms with Gasteiger partial charge in [-0.1, -0.05) is 13.8 Å². The lowest BCUT2D eigenvalue weighted by Gasteiger charge is -2.13. The monoisotopic (exact) mass is 272 g/mol. The van der Waals surface area contributed by atoms with Gasteiger partial charge in [0.25, 0.3) is 0 Å². The number of ether oxygens (including phenoxy) is 1. The minimum Gasteiger partial charge on any atom is -0.438 e. The summed E-state index contributed by atoms with van der Waals surface area (Å²) in [6.45, 7) is 3.86. The predicted molar refractivity (Wildman–Crippen MR) is 71.7 cm³/mol. The quantitative estimate of drug-likeness (QED) is 0.928. The molecule has 2 N–H and O–H groups in total. The fourth-order valence-electron chi connectivity index (χ4n) is 1.78. The number of nitrogen functional groups attached to an aromatic ring is 1. The summed E-state index contributed by atoms with van der Waals surface area (Å²) in [5, 5.41) is 8.68. The van der Waals surface area contributed by atoms with E-state index in [-0.39, 0.29) is 23.1 Å². The summed E-state index contributed by atoms with van der Waals surface area (Å²) in [4.78, 5) is 7.94. The van der Waals surface area contributed by atoms with E-state index in [0.29, 0.717) is 11.4 Å². The van der Waals surface area contributed by atoms with Crippen LogP contribution in [0.25, 0.3) is 0 Å². The Bertz CT molecular complexity index is 679. The Kier molecular flexibility index (Phi) is 3.80. The van der Waals surface area contributed by atoms with Crippen molar-refractivity contribution in [2.24, 2.45) is 0 Å². The van der Waals surface area contributed by atoms with Gasteiger partial charge in [-0.25, -0.2) is 14.4 Å². The van der Waals surface area contributed by atoms with Gasteiger partial charge < -0.3 is 10.5 Å². The molecule has 1 heterocycles. The van der Waals surface area contributed by atoms with Crippen molar-refractivity contribution >= 4 is 5.82 Å². The van der Waals surface area contributed by atoms with Gasteiger partial charge in [-0.3, -0.25) is 0 Å². The Morgan fingerprint density at radius 1 is 1.35 bits per heavy atom. The molecule has 0 unspecified atom stereocenters. The number of anilines is 1. The summed E-state index contributed by atoms with van der Waals surface area (Å²) in [6, 6.07) is 5.74. The van der Waals surface area contributed by atoms with Crippen molar-refractivity contribution < 1.29 is 9.13 Å². The van der Waals surface area contributed by atoms with Crippen LogP contribution in [-0.4, -0.2) is 9.97 Å². The fourth-order valence-corrected chi connectivity index (χ4v) is 1.78. The summed E-state index contributed by atoms with van der Waals surface area (Å²) in [7, 11) is 0. The van der Waals surface area contributed by atoms with Crippen molar-refractivity contribution in [2.45, 2.75) is 19.8 Å². The average molecular weight is 272 g/mol. The summed E-state index contributed by atoms with van der Waals surface area (Å²) < 4.78 is 19.1. The molecule has 20 heavy (non-hydrogen) atoms. The van der Waals surface area contributed by atoms with Gasteiger partial charge in [0.1, 0.15) is 29.8 Å². The van der Waals surface area contributed by atoms with Crippen molar-refractivity contribution in [3.63, 3.8) is 0 Å². The number of nitrogens with zero attached hydrogens (tertiary/aromatic N) is 3. The van der Waals surface area contributed by atoms with E-state index in [2.05, 4.69) is 9.97 Å². The Morgan fingerprint density at radius 2 is 2.10 bits per heavy atom. The summed E-state index contributed by atoms with van der Waals surface area (Å²) in [5.41, 5.74) is 6.43. The fraction of sp³-hybridized carbons (Fsp3) is 0.214. The Balaban J connectivity index is 2.38. The number of benzene rings is 1. The minimum absolute atomic E-state index is 0.0383. The molecule has 0 spiro atoms. The van der Waals surface area contributed by atoms with Crippen LogP contribution in [0, 0.1) is 17.1 Å². The predicted octanol–water partition coefficient (Wildman–Crippen LogP) is 2.99. The van der Waals surface area contributed by atoms with Gasteiger partial charge in [0, 0.05) is 6.07 Å². The Labute approximate surface area is 115 Å². The molecule has 0 atom stereocenters. The van der Waals surface area contributed by atoms with Crippen molar-refractivity contribution in [3.05, 3.63) is 41.5 Å². The summed E-state index contributed by atoms with van der Waals surface area (Å²) in [6.07, 6.45) is 1.29. The van der Waals surface area contributed by atoms with Crippen LogP contribution in [0.1, 0.15) is 30.9 Å². The molecule has 1 aromatic carbocycles. The number of nitrogens with two attached hydrogens (primary N) is 1. The first-order valence-corrected chi connectivity index (χ1v) is 6.00. The second-order valence-electron chi connectivity index (χ2n) is 4.49. The normalized spacial score (nSPS) is 10.3. The van der Waals surface area contributed by atoms with Crippen LogP contribution < -0.4 is 10.5 Å². The van der Waals surface area contributed by atoms with E-state index in [4.69, 9.17) is 15.7 Å². The third kappa shape index (κ3) is 2.67. The van der Waals surface area contributed by atoms with Gasteiger partial charge in [0.15, 0.2) is 0 Å². The summed E-state index contributed by atoms with van der Waals surface area (Å²) >= 11 is 0. The van der Waals surface area contributed by atoms with E-state index in [1.54, 1.807) is 6.07 Å². The lowest BCUT2D eigenvalue weighted by molar-refractivity contribution is 0.447. The molecule has 0 saturated carbocycles. The lowest BCUT2D eigenvalue weighted by Crippen LogP contribution is -2.04. The maximum Gasteiger partial charge on any atom is 0.227 e. The molecule has 0 bridgehead atoms. The minimum atomic E-state index is -0.641. The van der Waals surface area contributed by atoms with Gasteiger partial charge in [-0.2, -0.15) is 5.26 Å². The molecule has 6 heteroatoms. The van der Waals surface area contributed by atoms with Gasteiger partial charge in [0.2, 0.25) is 5.88 Å². The second kappa shape index (κ2) is 5.53. The van der Waals surface area contributed by atoms with E-state index in [1.165, 1.54) is 18.5 Å². The van der Waals surface area contributed by atoms with Gasteiger partial charge >= 0.3 is 0 Å². The maximum atomic E-state index is 13.5. The first kappa shape index (κ1) is 13.7. The average Bonchev–Trinajstić information content (AvgIpc) is 2.38. The molecule has 0 aliphatic carbocycles. The first-order valence-electron chi connectivity index (χ1n) is 6.00. The van der Waals surface area contributed by atoms with Crippen LogP contribution in [0.3, 0.4) is 0 Å². The topological polar surface area (TPSA) is 84.8 Å². The largest absolute Gasteiger partial charge is 0.438 e. The number of aromatic nitrogens is 2. The van der Waals surface area contributed by atoms with Gasteiger partial charge in [-0.05, 0) is 18.1 Å². The van der Waals surface area contributed by atoms with Crippen LogP contribution >= 0.6 is 0 Å². The molecular formula is C14H13FN4O. The standard InChI is InChI=1S/C14H13FN4O/c1-8(2)12-13(17)18-7-19-14(12)20-10-4-3-9(6-16)11(15)5-10/h3-5,7-8H,1-2H3,(H2,17,18,19). The lowest BCUT2D eigenvalue weighted by atomic mass is 10.1. The molecule has 0 radical (unpaired) electrons. The third-order valence-electron chi connectivity index (χ3n) is 2.73. The second-order valence-corrected chi connectivity index (χ2v) is 4.49. The highest BCUT2D eigenvalue weighted by molar-refractivity contribution is 5.48. The van der Waals surface area contributed by atoms with Crippen LogP contribution in [0.5, 0.6) is 11.6 Å². The molecule has 2 rings (SSSR count). The maximum absolute atomic E-state index is 13.5. The highest BCUT2D eigenvalue weighted by Crippen LogP contribution is 2.31. The van der Waals surface area contributed by atoms with Crippen molar-refractivity contribution in [1.29, 1.82) is 5.26 Å². The number of rotatable bonds is 3. The molecule has 0 amide bonds. The zero-order chi connectivity index (χ0) is 14.7. The molecule has 102 valence electrons. The van der Waals surface area contributed by atoms with Crippen molar-refractivity contribution in [1.82, 2.24) is 9.97 Å². The molecule has 5 nitrogen and oxygen atoms in total. The van der Waals surface area contributed by atoms with E-state index in [9.17, 15) is 4.39 Å². The highest BCUT2D eigenvalue weighted by Gasteiger charge is 2.15. The van der Waals surface area contributed by atoms with Crippen molar-refractivity contribution in [3.8, 4) is 17.7 Å². The molecule has 1 aromatic heterocycles. The molecule has 0 saturated heterocycles. The SMILES string of the molecule is CC(C)c1c(N)ncnc1Oc1ccc(C#N)c(F)c1. The zero-order valence-electron chi connectivity index (χ0n) is 11.1. The smallest absolute Gasteiger partial charge is 0.227 e.